The molecule has 3 rings (SSSR count). The molecule has 0 aliphatic carbocycles. The van der Waals surface area contributed by atoms with Gasteiger partial charge in [-0.3, -0.25) is 9.59 Å². The van der Waals surface area contributed by atoms with Gasteiger partial charge in [-0.1, -0.05) is 29.5 Å². The van der Waals surface area contributed by atoms with Crippen molar-refractivity contribution in [1.29, 1.82) is 0 Å². The van der Waals surface area contributed by atoms with Crippen molar-refractivity contribution < 1.29 is 9.53 Å². The van der Waals surface area contributed by atoms with E-state index < -0.39 is 0 Å². The van der Waals surface area contributed by atoms with Crippen LogP contribution in [0.3, 0.4) is 0 Å². The van der Waals surface area contributed by atoms with Gasteiger partial charge in [-0.15, -0.1) is 5.10 Å². The number of nitrogens with one attached hydrogen (secondary N) is 1. The van der Waals surface area contributed by atoms with E-state index in [9.17, 15) is 9.59 Å². The van der Waals surface area contributed by atoms with Crippen molar-refractivity contribution in [1.82, 2.24) is 25.2 Å². The zero-order chi connectivity index (χ0) is 20.8. The Morgan fingerprint density at radius 3 is 2.59 bits per heavy atom. The number of hydrogen-bond acceptors (Lipinski definition) is 6. The number of carbonyl (C=O) groups is 1. The molecule has 0 bridgehead atoms. The van der Waals surface area contributed by atoms with Gasteiger partial charge >= 0.3 is 0 Å². The van der Waals surface area contributed by atoms with Crippen molar-refractivity contribution in [2.75, 3.05) is 27.7 Å². The van der Waals surface area contributed by atoms with Crippen molar-refractivity contribution in [2.24, 2.45) is 0 Å². The molecule has 1 heterocycles. The molecule has 0 saturated carbocycles. The topological polar surface area (TPSA) is 89.3 Å². The number of ether oxygens (including phenoxy) is 1. The Kier molecular flexibility index (Phi) is 6.56. The van der Waals surface area contributed by atoms with Gasteiger partial charge in [-0.25, -0.2) is 4.68 Å². The molecule has 0 aliphatic heterocycles. The molecule has 2 aromatic carbocycles. The number of hydrogen-bond donors (Lipinski definition) is 1. The Balaban J connectivity index is 1.59. The molecule has 0 aliphatic rings. The van der Waals surface area contributed by atoms with Gasteiger partial charge in [0.1, 0.15) is 11.3 Å². The summed E-state index contributed by atoms with van der Waals surface area (Å²) < 4.78 is 6.43. The molecule has 29 heavy (non-hydrogen) atoms. The third-order valence-electron chi connectivity index (χ3n) is 4.80. The van der Waals surface area contributed by atoms with Gasteiger partial charge in [0.2, 0.25) is 5.91 Å². The summed E-state index contributed by atoms with van der Waals surface area (Å²) in [5, 5.41) is 11.4. The molecule has 1 unspecified atom stereocenters. The van der Waals surface area contributed by atoms with Crippen LogP contribution in [0.25, 0.3) is 10.9 Å². The lowest BCUT2D eigenvalue weighted by Gasteiger charge is -2.25. The molecule has 8 nitrogen and oxygen atoms in total. The first kappa shape index (κ1) is 20.5. The number of benzene rings is 2. The summed E-state index contributed by atoms with van der Waals surface area (Å²) >= 11 is 0. The Hall–Kier alpha value is -3.26. The summed E-state index contributed by atoms with van der Waals surface area (Å²) in [5.41, 5.74) is 1.38. The van der Waals surface area contributed by atoms with E-state index in [0.717, 1.165) is 11.3 Å². The highest BCUT2D eigenvalue weighted by Crippen LogP contribution is 2.20. The van der Waals surface area contributed by atoms with E-state index in [-0.39, 0.29) is 30.5 Å². The van der Waals surface area contributed by atoms with E-state index in [1.54, 1.807) is 31.4 Å². The second-order valence-corrected chi connectivity index (χ2v) is 6.94. The fraction of sp³-hybridized carbons (Fsp3) is 0.333. The van der Waals surface area contributed by atoms with Gasteiger partial charge in [0.05, 0.1) is 25.1 Å². The Morgan fingerprint density at radius 2 is 1.90 bits per heavy atom. The quantitative estimate of drug-likeness (QED) is 0.623. The number of aryl methyl sites for hydroxylation is 1. The molecular formula is C21H25N5O3. The van der Waals surface area contributed by atoms with Crippen LogP contribution in [0.2, 0.25) is 0 Å². The molecule has 0 saturated heterocycles. The summed E-state index contributed by atoms with van der Waals surface area (Å²) in [5.74, 6) is 0.643. The molecule has 1 atom stereocenters. The molecule has 0 spiro atoms. The Bertz CT molecular complexity index is 1030. The number of methoxy groups -OCH3 is 1. The molecule has 0 radical (unpaired) electrons. The van der Waals surface area contributed by atoms with Crippen LogP contribution in [0.5, 0.6) is 5.75 Å². The van der Waals surface area contributed by atoms with E-state index in [2.05, 4.69) is 15.6 Å². The van der Waals surface area contributed by atoms with Crippen LogP contribution in [-0.2, 0) is 11.3 Å². The second-order valence-electron chi connectivity index (χ2n) is 6.94. The van der Waals surface area contributed by atoms with Crippen molar-refractivity contribution in [3.05, 3.63) is 64.4 Å². The maximum atomic E-state index is 12.4. The van der Waals surface area contributed by atoms with Crippen LogP contribution in [0.1, 0.15) is 18.0 Å². The lowest BCUT2D eigenvalue weighted by Crippen LogP contribution is -2.35. The van der Waals surface area contributed by atoms with Crippen LogP contribution in [0.4, 0.5) is 0 Å². The molecular weight excluding hydrogens is 370 g/mol. The molecule has 8 heteroatoms. The smallest absolute Gasteiger partial charge is 0.277 e. The third kappa shape index (κ3) is 4.97. The summed E-state index contributed by atoms with van der Waals surface area (Å²) in [6, 6.07) is 14.8. The summed E-state index contributed by atoms with van der Waals surface area (Å²) in [6.45, 7) is 0.633. The minimum Gasteiger partial charge on any atom is -0.497 e. The van der Waals surface area contributed by atoms with Gasteiger partial charge < -0.3 is 15.0 Å². The van der Waals surface area contributed by atoms with Gasteiger partial charge in [0.15, 0.2) is 0 Å². The summed E-state index contributed by atoms with van der Waals surface area (Å²) in [6.07, 6.45) is 0.149. The summed E-state index contributed by atoms with van der Waals surface area (Å²) in [4.78, 5) is 26.8. The Labute approximate surface area is 169 Å². The van der Waals surface area contributed by atoms with E-state index in [4.69, 9.17) is 4.74 Å². The van der Waals surface area contributed by atoms with Crippen molar-refractivity contribution in [3.63, 3.8) is 0 Å². The fourth-order valence-electron chi connectivity index (χ4n) is 3.10. The van der Waals surface area contributed by atoms with Crippen LogP contribution in [0.15, 0.2) is 53.3 Å². The van der Waals surface area contributed by atoms with Crippen LogP contribution >= 0.6 is 0 Å². The van der Waals surface area contributed by atoms with Gasteiger partial charge in [0.25, 0.3) is 5.56 Å². The second kappa shape index (κ2) is 9.29. The van der Waals surface area contributed by atoms with Crippen LogP contribution < -0.4 is 15.6 Å². The monoisotopic (exact) mass is 395 g/mol. The molecule has 152 valence electrons. The van der Waals surface area contributed by atoms with E-state index in [1.807, 2.05) is 43.3 Å². The SMILES string of the molecule is COc1ccc(C(CNC(=O)CCn2nnc3ccccc3c2=O)N(C)C)cc1. The fourth-order valence-corrected chi connectivity index (χ4v) is 3.10. The molecule has 1 amide bonds. The lowest BCUT2D eigenvalue weighted by atomic mass is 10.1. The van der Waals surface area contributed by atoms with Gasteiger partial charge in [-0.2, -0.15) is 0 Å². The highest BCUT2D eigenvalue weighted by molar-refractivity contribution is 5.77. The maximum absolute atomic E-state index is 12.4. The predicted octanol–water partition coefficient (Wildman–Crippen LogP) is 1.61. The standard InChI is InChI=1S/C21H25N5O3/c1-25(2)19(15-8-10-16(29-3)11-9-15)14-22-20(27)12-13-26-21(28)17-6-4-5-7-18(17)23-24-26/h4-11,19H,12-14H2,1-3H3,(H,22,27). The van der Waals surface area contributed by atoms with Gasteiger partial charge in [0, 0.05) is 13.0 Å². The van der Waals surface area contributed by atoms with E-state index >= 15 is 0 Å². The van der Waals surface area contributed by atoms with E-state index in [1.165, 1.54) is 4.68 Å². The minimum absolute atomic E-state index is 0.0213. The average Bonchev–Trinajstić information content (AvgIpc) is 2.74. The number of fused-ring (bicyclic) bond motifs is 1. The Morgan fingerprint density at radius 1 is 1.17 bits per heavy atom. The number of aromatic nitrogens is 3. The molecule has 1 N–H and O–H groups in total. The number of carbonyl (C=O) groups excluding carboxylic acids is 1. The van der Waals surface area contributed by atoms with Gasteiger partial charge in [-0.05, 0) is 43.9 Å². The number of likely N-dealkylation sites (N-methyl/N-ethyl adjacent to an activating group) is 1. The zero-order valence-electron chi connectivity index (χ0n) is 16.8. The molecule has 1 aromatic heterocycles. The largest absolute Gasteiger partial charge is 0.497 e. The highest BCUT2D eigenvalue weighted by Gasteiger charge is 2.16. The number of nitrogens with zero attached hydrogens (tertiary/aromatic N) is 4. The first-order valence-electron chi connectivity index (χ1n) is 9.39. The maximum Gasteiger partial charge on any atom is 0.277 e. The third-order valence-corrected chi connectivity index (χ3v) is 4.80. The minimum atomic E-state index is -0.243. The summed E-state index contributed by atoms with van der Waals surface area (Å²) in [7, 11) is 5.56. The van der Waals surface area contributed by atoms with Crippen molar-refractivity contribution in [3.8, 4) is 5.75 Å². The van der Waals surface area contributed by atoms with E-state index in [0.29, 0.717) is 17.4 Å². The lowest BCUT2D eigenvalue weighted by molar-refractivity contribution is -0.121. The zero-order valence-corrected chi connectivity index (χ0v) is 16.8. The van der Waals surface area contributed by atoms with Crippen LogP contribution in [0, 0.1) is 0 Å². The predicted molar refractivity (Wildman–Crippen MR) is 111 cm³/mol. The number of amides is 1. The normalized spacial score (nSPS) is 12.1. The van der Waals surface area contributed by atoms with Crippen LogP contribution in [-0.4, -0.2) is 53.6 Å². The average molecular weight is 395 g/mol. The number of rotatable bonds is 8. The van der Waals surface area contributed by atoms with Crippen molar-refractivity contribution in [2.45, 2.75) is 19.0 Å². The van der Waals surface area contributed by atoms with Crippen molar-refractivity contribution >= 4 is 16.8 Å². The highest BCUT2D eigenvalue weighted by atomic mass is 16.5. The first-order chi connectivity index (χ1) is 14.0. The molecule has 0 fully saturated rings. The molecule has 3 aromatic rings. The first-order valence-corrected chi connectivity index (χ1v) is 9.39.